The summed E-state index contributed by atoms with van der Waals surface area (Å²) in [5.74, 6) is 0.428. The van der Waals surface area contributed by atoms with Crippen molar-refractivity contribution in [3.8, 4) is 0 Å². The van der Waals surface area contributed by atoms with Crippen molar-refractivity contribution in [2.24, 2.45) is 5.92 Å². The third kappa shape index (κ3) is 5.13. The Balaban J connectivity index is 1.66. The van der Waals surface area contributed by atoms with Crippen LogP contribution in [0.25, 0.3) is 0 Å². The number of hydrogen-bond donors (Lipinski definition) is 0. The fourth-order valence-corrected chi connectivity index (χ4v) is 8.89. The highest BCUT2D eigenvalue weighted by Gasteiger charge is 2.46. The highest BCUT2D eigenvalue weighted by molar-refractivity contribution is 7.95. The summed E-state index contributed by atoms with van der Waals surface area (Å²) in [6.07, 6.45) is 1.08. The molecule has 2 heteroatoms. The van der Waals surface area contributed by atoms with Gasteiger partial charge in [-0.1, -0.05) is 91.9 Å². The van der Waals surface area contributed by atoms with Crippen LogP contribution in [0.15, 0.2) is 121 Å². The molecule has 0 saturated carbocycles. The van der Waals surface area contributed by atoms with E-state index in [-0.39, 0.29) is 0 Å². The number of rotatable bonds is 9. The van der Waals surface area contributed by atoms with Crippen LogP contribution in [0.4, 0.5) is 0 Å². The summed E-state index contributed by atoms with van der Waals surface area (Å²) in [6, 6.07) is 43.7. The van der Waals surface area contributed by atoms with E-state index in [0.29, 0.717) is 12.5 Å². The fraction of sp³-hybridized carbons (Fsp3) is 0.172. The highest BCUT2D eigenvalue weighted by atomic mass is 31.2. The topological polar surface area (TPSA) is 9.23 Å². The first-order valence-electron chi connectivity index (χ1n) is 11.0. The Morgan fingerprint density at radius 3 is 1.39 bits per heavy atom. The molecule has 0 fully saturated rings. The molecule has 0 aliphatic heterocycles. The van der Waals surface area contributed by atoms with E-state index in [9.17, 15) is 0 Å². The second-order valence-corrected chi connectivity index (χ2v) is 11.6. The van der Waals surface area contributed by atoms with E-state index in [1.54, 1.807) is 0 Å². The molecule has 4 aromatic carbocycles. The molecule has 31 heavy (non-hydrogen) atoms. The van der Waals surface area contributed by atoms with Gasteiger partial charge in [-0.15, -0.1) is 0 Å². The Hall–Kier alpha value is -2.73. The zero-order valence-corrected chi connectivity index (χ0v) is 19.0. The molecule has 1 atom stereocenters. The SMILES string of the molecule is C[C@H](COCc1ccccc1)C[P+](c1ccccc1)(c1ccccc1)c1ccccc1. The van der Waals surface area contributed by atoms with Crippen LogP contribution >= 0.6 is 7.26 Å². The van der Waals surface area contributed by atoms with Crippen molar-refractivity contribution in [3.63, 3.8) is 0 Å². The predicted molar refractivity (Wildman–Crippen MR) is 135 cm³/mol. The maximum absolute atomic E-state index is 6.15. The zero-order chi connectivity index (χ0) is 21.4. The Morgan fingerprint density at radius 2 is 0.968 bits per heavy atom. The van der Waals surface area contributed by atoms with Gasteiger partial charge in [0, 0.05) is 5.92 Å². The molecule has 4 aromatic rings. The number of benzene rings is 4. The molecular weight excluding hydrogens is 395 g/mol. The van der Waals surface area contributed by atoms with Crippen molar-refractivity contribution >= 4 is 23.2 Å². The average molecular weight is 426 g/mol. The van der Waals surface area contributed by atoms with E-state index >= 15 is 0 Å². The van der Waals surface area contributed by atoms with Crippen molar-refractivity contribution in [1.29, 1.82) is 0 Å². The van der Waals surface area contributed by atoms with E-state index in [4.69, 9.17) is 4.74 Å². The standard InChI is InChI=1S/C29H30OP/c1-25(22-30-23-26-14-6-2-7-15-26)24-31(27-16-8-3-9-17-27,28-18-10-4-11-19-28)29-20-12-5-13-21-29/h2-21,25H,22-24H2,1H3/q+1/t25-/m1/s1. The molecular formula is C29H30OP+. The minimum absolute atomic E-state index is 0.428. The Labute approximate surface area is 187 Å². The summed E-state index contributed by atoms with van der Waals surface area (Å²) < 4.78 is 6.15. The van der Waals surface area contributed by atoms with Crippen molar-refractivity contribution in [2.75, 3.05) is 12.8 Å². The lowest BCUT2D eigenvalue weighted by Gasteiger charge is -2.30. The molecule has 1 nitrogen and oxygen atoms in total. The number of hydrogen-bond acceptors (Lipinski definition) is 1. The van der Waals surface area contributed by atoms with Crippen molar-refractivity contribution in [2.45, 2.75) is 13.5 Å². The van der Waals surface area contributed by atoms with Gasteiger partial charge in [0.2, 0.25) is 0 Å². The van der Waals surface area contributed by atoms with Gasteiger partial charge in [-0.05, 0) is 42.0 Å². The van der Waals surface area contributed by atoms with E-state index in [2.05, 4.69) is 122 Å². The quantitative estimate of drug-likeness (QED) is 0.307. The second-order valence-electron chi connectivity index (χ2n) is 8.10. The molecule has 0 aliphatic carbocycles. The number of ether oxygens (including phenoxy) is 1. The van der Waals surface area contributed by atoms with Gasteiger partial charge in [-0.3, -0.25) is 0 Å². The molecule has 0 N–H and O–H groups in total. The van der Waals surface area contributed by atoms with Crippen LogP contribution < -0.4 is 15.9 Å². The summed E-state index contributed by atoms with van der Waals surface area (Å²) in [6.45, 7) is 3.75. The minimum atomic E-state index is -1.80. The average Bonchev–Trinajstić information content (AvgIpc) is 2.85. The molecule has 0 aromatic heterocycles. The third-order valence-electron chi connectivity index (χ3n) is 5.69. The Kier molecular flexibility index (Phi) is 7.30. The fourth-order valence-electron chi connectivity index (χ4n) is 4.28. The van der Waals surface area contributed by atoms with Crippen LogP contribution in [-0.2, 0) is 11.3 Å². The molecule has 0 spiro atoms. The summed E-state index contributed by atoms with van der Waals surface area (Å²) in [7, 11) is -1.80. The molecule has 0 bridgehead atoms. The lowest BCUT2D eigenvalue weighted by atomic mass is 10.2. The first-order chi connectivity index (χ1) is 15.3. The summed E-state index contributed by atoms with van der Waals surface area (Å²) >= 11 is 0. The van der Waals surface area contributed by atoms with Gasteiger partial charge in [0.15, 0.2) is 0 Å². The summed E-state index contributed by atoms with van der Waals surface area (Å²) in [5, 5.41) is 4.30. The Morgan fingerprint density at radius 1 is 0.581 bits per heavy atom. The first kappa shape index (κ1) is 21.5. The molecule has 0 radical (unpaired) electrons. The van der Waals surface area contributed by atoms with Crippen molar-refractivity contribution in [3.05, 3.63) is 127 Å². The smallest absolute Gasteiger partial charge is 0.112 e. The second kappa shape index (κ2) is 10.5. The van der Waals surface area contributed by atoms with Crippen LogP contribution in [-0.4, -0.2) is 12.8 Å². The molecule has 0 aliphatic rings. The van der Waals surface area contributed by atoms with Crippen LogP contribution in [0.2, 0.25) is 0 Å². The van der Waals surface area contributed by atoms with Gasteiger partial charge in [-0.25, -0.2) is 0 Å². The molecule has 0 unspecified atom stereocenters. The van der Waals surface area contributed by atoms with Gasteiger partial charge < -0.3 is 4.74 Å². The maximum atomic E-state index is 6.15. The van der Waals surface area contributed by atoms with Gasteiger partial charge in [0.25, 0.3) is 0 Å². The van der Waals surface area contributed by atoms with Crippen LogP contribution in [0.5, 0.6) is 0 Å². The minimum Gasteiger partial charge on any atom is -0.376 e. The lowest BCUT2D eigenvalue weighted by molar-refractivity contribution is 0.0980. The molecule has 156 valence electrons. The lowest BCUT2D eigenvalue weighted by Crippen LogP contribution is -2.35. The summed E-state index contributed by atoms with van der Waals surface area (Å²) in [4.78, 5) is 0. The maximum Gasteiger partial charge on any atom is 0.112 e. The van der Waals surface area contributed by atoms with Crippen LogP contribution in [0.1, 0.15) is 12.5 Å². The normalized spacial score (nSPS) is 12.4. The van der Waals surface area contributed by atoms with E-state index < -0.39 is 7.26 Å². The largest absolute Gasteiger partial charge is 0.376 e. The molecule has 4 rings (SSSR count). The highest BCUT2D eigenvalue weighted by Crippen LogP contribution is 2.56. The molecule has 0 heterocycles. The van der Waals surface area contributed by atoms with Crippen molar-refractivity contribution in [1.82, 2.24) is 0 Å². The molecule has 0 saturated heterocycles. The predicted octanol–water partition coefficient (Wildman–Crippen LogP) is 5.83. The van der Waals surface area contributed by atoms with Crippen LogP contribution in [0, 0.1) is 5.92 Å². The Bertz CT molecular complexity index is 936. The summed E-state index contributed by atoms with van der Waals surface area (Å²) in [5.41, 5.74) is 1.23. The van der Waals surface area contributed by atoms with E-state index in [1.807, 2.05) is 6.07 Å². The molecule has 0 amide bonds. The first-order valence-corrected chi connectivity index (χ1v) is 12.9. The van der Waals surface area contributed by atoms with Gasteiger partial charge in [-0.2, -0.15) is 0 Å². The van der Waals surface area contributed by atoms with E-state index in [1.165, 1.54) is 21.5 Å². The van der Waals surface area contributed by atoms with Crippen molar-refractivity contribution < 1.29 is 4.74 Å². The zero-order valence-electron chi connectivity index (χ0n) is 18.1. The van der Waals surface area contributed by atoms with Gasteiger partial charge >= 0.3 is 0 Å². The third-order valence-corrected chi connectivity index (χ3v) is 10.4. The van der Waals surface area contributed by atoms with E-state index in [0.717, 1.165) is 12.8 Å². The van der Waals surface area contributed by atoms with Crippen LogP contribution in [0.3, 0.4) is 0 Å². The van der Waals surface area contributed by atoms with Gasteiger partial charge in [0.1, 0.15) is 23.2 Å². The monoisotopic (exact) mass is 425 g/mol. The van der Waals surface area contributed by atoms with Gasteiger partial charge in [0.05, 0.1) is 19.4 Å².